The highest BCUT2D eigenvalue weighted by molar-refractivity contribution is 5.98. The van der Waals surface area contributed by atoms with Gasteiger partial charge in [-0.1, -0.05) is 36.4 Å². The van der Waals surface area contributed by atoms with Gasteiger partial charge in [-0.15, -0.1) is 0 Å². The van der Waals surface area contributed by atoms with Crippen LogP contribution in [0.15, 0.2) is 66.9 Å². The van der Waals surface area contributed by atoms with Gasteiger partial charge >= 0.3 is 0 Å². The van der Waals surface area contributed by atoms with E-state index < -0.39 is 0 Å². The second kappa shape index (κ2) is 10.3. The summed E-state index contributed by atoms with van der Waals surface area (Å²) in [6.45, 7) is 0.304. The van der Waals surface area contributed by atoms with E-state index in [1.165, 1.54) is 6.21 Å². The Morgan fingerprint density at radius 2 is 2.00 bits per heavy atom. The van der Waals surface area contributed by atoms with E-state index in [4.69, 9.17) is 11.1 Å². The van der Waals surface area contributed by atoms with Crippen LogP contribution in [0.2, 0.25) is 0 Å². The average molecular weight is 402 g/mol. The molecule has 0 fully saturated rings. The standard InChI is InChI=1S/C24H26N4O2/c25-12-11-24(30)28-21-6-2-5-19(14-21)20-8-10-23(29)22(27-16-20)9-7-17-3-1-4-18(13-17)15-26/h1-6,8,10,13-16,22,26-27H,7,9,11-12,25H2,(H,28,30)/t22-/m1/s1. The van der Waals surface area contributed by atoms with E-state index in [1.807, 2.05) is 54.7 Å². The lowest BCUT2D eigenvalue weighted by Crippen LogP contribution is -2.32. The number of aryl methyl sites for hydroxylation is 1. The van der Waals surface area contributed by atoms with E-state index in [9.17, 15) is 9.59 Å². The zero-order valence-corrected chi connectivity index (χ0v) is 16.7. The maximum atomic E-state index is 12.5. The lowest BCUT2D eigenvalue weighted by atomic mass is 10.0. The Kier molecular flexibility index (Phi) is 7.29. The van der Waals surface area contributed by atoms with Gasteiger partial charge in [0.2, 0.25) is 5.91 Å². The molecule has 154 valence electrons. The molecule has 0 saturated heterocycles. The Labute approximate surface area is 176 Å². The Balaban J connectivity index is 1.68. The van der Waals surface area contributed by atoms with E-state index in [2.05, 4.69) is 10.6 Å². The summed E-state index contributed by atoms with van der Waals surface area (Å²) in [5, 5.41) is 13.4. The number of carbonyl (C=O) groups excluding carboxylic acids is 2. The molecule has 30 heavy (non-hydrogen) atoms. The number of benzene rings is 2. The largest absolute Gasteiger partial charge is 0.380 e. The number of nitrogens with one attached hydrogen (secondary N) is 3. The number of ketones is 1. The summed E-state index contributed by atoms with van der Waals surface area (Å²) in [7, 11) is 0. The number of allylic oxidation sites excluding steroid dienone is 2. The SMILES string of the molecule is N=Cc1cccc(CC[C@H]2NC=C(c3cccc(NC(=O)CCN)c3)C=CC2=O)c1. The van der Waals surface area contributed by atoms with Crippen LogP contribution in [0.4, 0.5) is 5.69 Å². The van der Waals surface area contributed by atoms with Gasteiger partial charge in [0.1, 0.15) is 0 Å². The van der Waals surface area contributed by atoms with Crippen LogP contribution in [-0.4, -0.2) is 30.5 Å². The maximum Gasteiger partial charge on any atom is 0.225 e. The Hall–Kier alpha value is -3.51. The molecule has 0 aliphatic carbocycles. The fraction of sp³-hybridized carbons (Fsp3) is 0.208. The summed E-state index contributed by atoms with van der Waals surface area (Å²) in [5.74, 6) is -0.0997. The van der Waals surface area contributed by atoms with Gasteiger partial charge in [-0.3, -0.25) is 9.59 Å². The first kappa shape index (κ1) is 21.2. The molecule has 6 nitrogen and oxygen atoms in total. The Morgan fingerprint density at radius 1 is 1.17 bits per heavy atom. The number of rotatable bonds is 8. The van der Waals surface area contributed by atoms with Crippen LogP contribution in [0.25, 0.3) is 5.57 Å². The maximum absolute atomic E-state index is 12.5. The van der Waals surface area contributed by atoms with Gasteiger partial charge in [0.05, 0.1) is 6.04 Å². The number of anilines is 1. The summed E-state index contributed by atoms with van der Waals surface area (Å²) in [5.41, 5.74) is 9.84. The Bertz CT molecular complexity index is 994. The number of hydrogen-bond donors (Lipinski definition) is 4. The molecule has 1 aliphatic rings. The van der Waals surface area contributed by atoms with E-state index >= 15 is 0 Å². The highest BCUT2D eigenvalue weighted by Gasteiger charge is 2.17. The predicted molar refractivity (Wildman–Crippen MR) is 120 cm³/mol. The minimum atomic E-state index is -0.310. The van der Waals surface area contributed by atoms with Crippen molar-refractivity contribution < 1.29 is 9.59 Å². The smallest absolute Gasteiger partial charge is 0.225 e. The second-order valence-electron chi connectivity index (χ2n) is 7.15. The molecule has 2 aromatic carbocycles. The van der Waals surface area contributed by atoms with Gasteiger partial charge < -0.3 is 21.8 Å². The molecule has 5 N–H and O–H groups in total. The molecule has 1 heterocycles. The molecule has 1 atom stereocenters. The van der Waals surface area contributed by atoms with Crippen molar-refractivity contribution in [2.24, 2.45) is 5.73 Å². The zero-order valence-electron chi connectivity index (χ0n) is 16.7. The first-order valence-corrected chi connectivity index (χ1v) is 9.97. The van der Waals surface area contributed by atoms with Crippen molar-refractivity contribution in [1.29, 1.82) is 5.41 Å². The minimum absolute atomic E-state index is 0.0249. The molecule has 0 radical (unpaired) electrons. The zero-order chi connectivity index (χ0) is 21.3. The molecule has 0 bridgehead atoms. The summed E-state index contributed by atoms with van der Waals surface area (Å²) in [4.78, 5) is 24.3. The Morgan fingerprint density at radius 3 is 2.80 bits per heavy atom. The molecule has 0 unspecified atom stereocenters. The van der Waals surface area contributed by atoms with Crippen molar-refractivity contribution in [3.05, 3.63) is 83.6 Å². The van der Waals surface area contributed by atoms with Gasteiger partial charge in [-0.25, -0.2) is 0 Å². The summed E-state index contributed by atoms with van der Waals surface area (Å²) >= 11 is 0. The molecule has 0 spiro atoms. The fourth-order valence-corrected chi connectivity index (χ4v) is 3.29. The van der Waals surface area contributed by atoms with Gasteiger partial charge in [0.15, 0.2) is 5.78 Å². The normalized spacial score (nSPS) is 15.7. The van der Waals surface area contributed by atoms with Crippen molar-refractivity contribution in [3.63, 3.8) is 0 Å². The predicted octanol–water partition coefficient (Wildman–Crippen LogP) is 3.04. The molecule has 1 amide bonds. The van der Waals surface area contributed by atoms with Crippen LogP contribution >= 0.6 is 0 Å². The molecule has 6 heteroatoms. The number of amides is 1. The molecular weight excluding hydrogens is 376 g/mol. The third-order valence-corrected chi connectivity index (χ3v) is 4.90. The van der Waals surface area contributed by atoms with E-state index in [1.54, 1.807) is 12.2 Å². The summed E-state index contributed by atoms with van der Waals surface area (Å²) in [6.07, 6.45) is 8.24. The van der Waals surface area contributed by atoms with Crippen molar-refractivity contribution >= 4 is 29.2 Å². The van der Waals surface area contributed by atoms with Gasteiger partial charge in [0, 0.05) is 31.1 Å². The number of nitrogens with two attached hydrogens (primary N) is 1. The van der Waals surface area contributed by atoms with Crippen molar-refractivity contribution in [2.45, 2.75) is 25.3 Å². The van der Waals surface area contributed by atoms with E-state index in [-0.39, 0.29) is 24.2 Å². The van der Waals surface area contributed by atoms with Crippen molar-refractivity contribution in [1.82, 2.24) is 5.32 Å². The van der Waals surface area contributed by atoms with E-state index in [0.29, 0.717) is 18.7 Å². The third-order valence-electron chi connectivity index (χ3n) is 4.90. The first-order chi connectivity index (χ1) is 14.6. The van der Waals surface area contributed by atoms with Crippen molar-refractivity contribution in [3.8, 4) is 0 Å². The van der Waals surface area contributed by atoms with Gasteiger partial charge in [-0.05, 0) is 59.4 Å². The highest BCUT2D eigenvalue weighted by atomic mass is 16.1. The third kappa shape index (κ3) is 5.75. The van der Waals surface area contributed by atoms with Crippen molar-refractivity contribution in [2.75, 3.05) is 11.9 Å². The van der Waals surface area contributed by atoms with E-state index in [0.717, 1.165) is 28.7 Å². The molecule has 1 aliphatic heterocycles. The number of carbonyl (C=O) groups is 2. The van der Waals surface area contributed by atoms with Gasteiger partial charge in [0.25, 0.3) is 0 Å². The lowest BCUT2D eigenvalue weighted by Gasteiger charge is -2.14. The fourth-order valence-electron chi connectivity index (χ4n) is 3.29. The quantitative estimate of drug-likeness (QED) is 0.509. The second-order valence-corrected chi connectivity index (χ2v) is 7.15. The minimum Gasteiger partial charge on any atom is -0.380 e. The topological polar surface area (TPSA) is 108 Å². The monoisotopic (exact) mass is 402 g/mol. The lowest BCUT2D eigenvalue weighted by molar-refractivity contribution is -0.117. The van der Waals surface area contributed by atoms with Crippen LogP contribution in [-0.2, 0) is 16.0 Å². The van der Waals surface area contributed by atoms with Crippen LogP contribution in [0.5, 0.6) is 0 Å². The molecular formula is C24H26N4O2. The van der Waals surface area contributed by atoms with Crippen LogP contribution in [0.1, 0.15) is 29.5 Å². The molecule has 3 rings (SSSR count). The average Bonchev–Trinajstić information content (AvgIpc) is 2.94. The molecule has 2 aromatic rings. The highest BCUT2D eigenvalue weighted by Crippen LogP contribution is 2.22. The first-order valence-electron chi connectivity index (χ1n) is 9.97. The van der Waals surface area contributed by atoms with Crippen LogP contribution in [0, 0.1) is 5.41 Å². The molecule has 0 aromatic heterocycles. The summed E-state index contributed by atoms with van der Waals surface area (Å²) in [6, 6.07) is 15.0. The summed E-state index contributed by atoms with van der Waals surface area (Å²) < 4.78 is 0. The van der Waals surface area contributed by atoms with Crippen LogP contribution < -0.4 is 16.4 Å². The van der Waals surface area contributed by atoms with Gasteiger partial charge in [-0.2, -0.15) is 0 Å². The van der Waals surface area contributed by atoms with Crippen LogP contribution in [0.3, 0.4) is 0 Å². The molecule has 0 saturated carbocycles. The number of hydrogen-bond acceptors (Lipinski definition) is 5.